The monoisotopic (exact) mass is 256 g/mol. The standard InChI is InChI=1S/C13H24N2O3/c1-4-8-15(10-13(17)18-5-2)9-12(16)14(3)11-6-7-11/h11H,4-10H2,1-3H3. The summed E-state index contributed by atoms with van der Waals surface area (Å²) in [6.07, 6.45) is 3.13. The van der Waals surface area contributed by atoms with E-state index < -0.39 is 0 Å². The third kappa shape index (κ3) is 5.04. The second-order valence-electron chi connectivity index (χ2n) is 4.75. The number of esters is 1. The van der Waals surface area contributed by atoms with E-state index in [2.05, 4.69) is 0 Å². The van der Waals surface area contributed by atoms with Gasteiger partial charge in [0.2, 0.25) is 5.91 Å². The molecule has 0 aromatic carbocycles. The fraction of sp³-hybridized carbons (Fsp3) is 0.846. The lowest BCUT2D eigenvalue weighted by Gasteiger charge is -2.23. The highest BCUT2D eigenvalue weighted by Gasteiger charge is 2.30. The lowest BCUT2D eigenvalue weighted by molar-refractivity contribution is -0.145. The molecule has 5 heteroatoms. The number of hydrogen-bond acceptors (Lipinski definition) is 4. The molecule has 0 radical (unpaired) electrons. The van der Waals surface area contributed by atoms with Gasteiger partial charge in [0, 0.05) is 13.1 Å². The minimum Gasteiger partial charge on any atom is -0.465 e. The van der Waals surface area contributed by atoms with Gasteiger partial charge in [0.15, 0.2) is 0 Å². The van der Waals surface area contributed by atoms with Gasteiger partial charge in [-0.15, -0.1) is 0 Å². The van der Waals surface area contributed by atoms with Crippen LogP contribution >= 0.6 is 0 Å². The van der Waals surface area contributed by atoms with Crippen LogP contribution in [-0.4, -0.2) is 61.0 Å². The van der Waals surface area contributed by atoms with Gasteiger partial charge < -0.3 is 9.64 Å². The van der Waals surface area contributed by atoms with E-state index in [1.54, 1.807) is 11.8 Å². The number of nitrogens with zero attached hydrogens (tertiary/aromatic N) is 2. The summed E-state index contributed by atoms with van der Waals surface area (Å²) >= 11 is 0. The number of ether oxygens (including phenoxy) is 1. The average molecular weight is 256 g/mol. The van der Waals surface area contributed by atoms with Gasteiger partial charge in [0.1, 0.15) is 0 Å². The van der Waals surface area contributed by atoms with E-state index in [0.29, 0.717) is 19.2 Å². The SMILES string of the molecule is CCCN(CC(=O)OCC)CC(=O)N(C)C1CC1. The van der Waals surface area contributed by atoms with E-state index in [4.69, 9.17) is 4.74 Å². The van der Waals surface area contributed by atoms with E-state index >= 15 is 0 Å². The van der Waals surface area contributed by atoms with Gasteiger partial charge in [-0.05, 0) is 32.7 Å². The van der Waals surface area contributed by atoms with E-state index in [-0.39, 0.29) is 18.4 Å². The molecule has 5 nitrogen and oxygen atoms in total. The second kappa shape index (κ2) is 7.36. The predicted octanol–water partition coefficient (Wildman–Crippen LogP) is 0.882. The molecule has 1 aliphatic carbocycles. The Balaban J connectivity index is 2.40. The molecule has 1 rings (SSSR count). The molecular weight excluding hydrogens is 232 g/mol. The first-order valence-electron chi connectivity index (χ1n) is 6.72. The van der Waals surface area contributed by atoms with Crippen molar-refractivity contribution in [1.29, 1.82) is 0 Å². The van der Waals surface area contributed by atoms with Crippen LogP contribution in [0.15, 0.2) is 0 Å². The summed E-state index contributed by atoms with van der Waals surface area (Å²) in [5.74, 6) is -0.164. The number of likely N-dealkylation sites (N-methyl/N-ethyl adjacent to an activating group) is 1. The third-order valence-corrected chi connectivity index (χ3v) is 3.04. The smallest absolute Gasteiger partial charge is 0.320 e. The maximum Gasteiger partial charge on any atom is 0.320 e. The quantitative estimate of drug-likeness (QED) is 0.605. The molecule has 0 bridgehead atoms. The van der Waals surface area contributed by atoms with Crippen molar-refractivity contribution in [3.63, 3.8) is 0 Å². The molecule has 0 N–H and O–H groups in total. The number of rotatable bonds is 8. The normalized spacial score (nSPS) is 14.7. The van der Waals surface area contributed by atoms with Gasteiger partial charge >= 0.3 is 5.97 Å². The molecule has 0 heterocycles. The fourth-order valence-corrected chi connectivity index (χ4v) is 1.89. The molecular formula is C13H24N2O3. The zero-order valence-corrected chi connectivity index (χ0v) is 11.6. The summed E-state index contributed by atoms with van der Waals surface area (Å²) in [5, 5.41) is 0. The van der Waals surface area contributed by atoms with Crippen molar-refractivity contribution >= 4 is 11.9 Å². The van der Waals surface area contributed by atoms with Crippen LogP contribution in [0.5, 0.6) is 0 Å². The van der Waals surface area contributed by atoms with E-state index in [1.807, 2.05) is 18.9 Å². The molecule has 0 saturated heterocycles. The summed E-state index contributed by atoms with van der Waals surface area (Å²) < 4.78 is 4.92. The Morgan fingerprint density at radius 1 is 1.22 bits per heavy atom. The molecule has 0 aromatic rings. The first kappa shape index (κ1) is 15.0. The Hall–Kier alpha value is -1.10. The predicted molar refractivity (Wildman–Crippen MR) is 69.2 cm³/mol. The van der Waals surface area contributed by atoms with Crippen molar-refractivity contribution in [3.8, 4) is 0 Å². The third-order valence-electron chi connectivity index (χ3n) is 3.04. The summed E-state index contributed by atoms with van der Waals surface area (Å²) in [6.45, 7) is 5.45. The Morgan fingerprint density at radius 3 is 2.39 bits per heavy atom. The van der Waals surface area contributed by atoms with Crippen molar-refractivity contribution in [3.05, 3.63) is 0 Å². The largest absolute Gasteiger partial charge is 0.465 e. The van der Waals surface area contributed by atoms with Crippen molar-refractivity contribution in [2.45, 2.75) is 39.2 Å². The topological polar surface area (TPSA) is 49.9 Å². The van der Waals surface area contributed by atoms with Crippen molar-refractivity contribution in [1.82, 2.24) is 9.80 Å². The summed E-state index contributed by atoms with van der Waals surface area (Å²) in [7, 11) is 1.84. The molecule has 0 atom stereocenters. The first-order chi connectivity index (χ1) is 8.58. The van der Waals surface area contributed by atoms with Crippen molar-refractivity contribution in [2.24, 2.45) is 0 Å². The van der Waals surface area contributed by atoms with E-state index in [0.717, 1.165) is 25.8 Å². The Morgan fingerprint density at radius 2 is 1.89 bits per heavy atom. The van der Waals surface area contributed by atoms with Crippen LogP contribution in [0.4, 0.5) is 0 Å². The number of carbonyl (C=O) groups is 2. The molecule has 104 valence electrons. The van der Waals surface area contributed by atoms with Gasteiger partial charge in [0.25, 0.3) is 0 Å². The van der Waals surface area contributed by atoms with Crippen LogP contribution in [0.25, 0.3) is 0 Å². The van der Waals surface area contributed by atoms with Crippen molar-refractivity contribution in [2.75, 3.05) is 33.3 Å². The lowest BCUT2D eigenvalue weighted by atomic mass is 10.3. The van der Waals surface area contributed by atoms with Crippen molar-refractivity contribution < 1.29 is 14.3 Å². The molecule has 0 aromatic heterocycles. The van der Waals surface area contributed by atoms with Crippen LogP contribution in [0.2, 0.25) is 0 Å². The summed E-state index contributed by atoms with van der Waals surface area (Å²) in [6, 6.07) is 0.420. The van der Waals surface area contributed by atoms with Crippen LogP contribution in [-0.2, 0) is 14.3 Å². The summed E-state index contributed by atoms with van der Waals surface area (Å²) in [4.78, 5) is 27.1. The average Bonchev–Trinajstić information content (AvgIpc) is 3.12. The molecule has 1 aliphatic rings. The zero-order chi connectivity index (χ0) is 13.5. The maximum atomic E-state index is 12.0. The molecule has 1 amide bonds. The van der Waals surface area contributed by atoms with E-state index in [9.17, 15) is 9.59 Å². The van der Waals surface area contributed by atoms with Crippen LogP contribution < -0.4 is 0 Å². The van der Waals surface area contributed by atoms with E-state index in [1.165, 1.54) is 0 Å². The zero-order valence-electron chi connectivity index (χ0n) is 11.6. The van der Waals surface area contributed by atoms with Gasteiger partial charge in [0.05, 0.1) is 19.7 Å². The highest BCUT2D eigenvalue weighted by Crippen LogP contribution is 2.25. The Labute approximate surface area is 109 Å². The molecule has 18 heavy (non-hydrogen) atoms. The minimum atomic E-state index is -0.257. The maximum absolute atomic E-state index is 12.0. The molecule has 0 unspecified atom stereocenters. The number of amides is 1. The fourth-order valence-electron chi connectivity index (χ4n) is 1.89. The molecule has 1 saturated carbocycles. The number of carbonyl (C=O) groups excluding carboxylic acids is 2. The van der Waals surface area contributed by atoms with Gasteiger partial charge in [-0.3, -0.25) is 14.5 Å². The van der Waals surface area contributed by atoms with Gasteiger partial charge in [-0.2, -0.15) is 0 Å². The molecule has 0 spiro atoms. The van der Waals surface area contributed by atoms with Crippen LogP contribution in [0.3, 0.4) is 0 Å². The summed E-state index contributed by atoms with van der Waals surface area (Å²) in [5.41, 5.74) is 0. The molecule has 0 aliphatic heterocycles. The number of hydrogen-bond donors (Lipinski definition) is 0. The highest BCUT2D eigenvalue weighted by atomic mass is 16.5. The molecule has 1 fully saturated rings. The second-order valence-corrected chi connectivity index (χ2v) is 4.75. The van der Waals surface area contributed by atoms with Gasteiger partial charge in [-0.25, -0.2) is 0 Å². The van der Waals surface area contributed by atoms with Crippen LogP contribution in [0, 0.1) is 0 Å². The highest BCUT2D eigenvalue weighted by molar-refractivity contribution is 5.79. The Bertz CT molecular complexity index is 290. The van der Waals surface area contributed by atoms with Crippen LogP contribution in [0.1, 0.15) is 33.1 Å². The minimum absolute atomic E-state index is 0.0928. The lowest BCUT2D eigenvalue weighted by Crippen LogP contribution is -2.42. The van der Waals surface area contributed by atoms with Gasteiger partial charge in [-0.1, -0.05) is 6.92 Å². The Kier molecular flexibility index (Phi) is 6.12. The first-order valence-corrected chi connectivity index (χ1v) is 6.72.